The first-order valence-electron chi connectivity index (χ1n) is 6.93. The van der Waals surface area contributed by atoms with Gasteiger partial charge in [-0.15, -0.1) is 0 Å². The highest BCUT2D eigenvalue weighted by atomic mass is 19.1. The van der Waals surface area contributed by atoms with Crippen LogP contribution in [0.25, 0.3) is 0 Å². The van der Waals surface area contributed by atoms with Crippen molar-refractivity contribution in [2.45, 2.75) is 38.6 Å². The summed E-state index contributed by atoms with van der Waals surface area (Å²) in [6.07, 6.45) is 0.158. The predicted molar refractivity (Wildman–Crippen MR) is 80.4 cm³/mol. The van der Waals surface area contributed by atoms with E-state index >= 15 is 0 Å². The Labute approximate surface area is 129 Å². The van der Waals surface area contributed by atoms with Gasteiger partial charge in [-0.25, -0.2) is 4.39 Å². The molecule has 1 rings (SSSR count). The number of halogens is 1. The largest absolute Gasteiger partial charge is 0.359 e. The smallest absolute Gasteiger partial charge is 0.230 e. The molecule has 1 atom stereocenters. The molecule has 22 heavy (non-hydrogen) atoms. The Morgan fingerprint density at radius 2 is 2.00 bits per heavy atom. The van der Waals surface area contributed by atoms with Crippen LogP contribution >= 0.6 is 0 Å². The van der Waals surface area contributed by atoms with Gasteiger partial charge >= 0.3 is 0 Å². The minimum atomic E-state index is -1.02. The summed E-state index contributed by atoms with van der Waals surface area (Å²) in [7, 11) is 1.52. The van der Waals surface area contributed by atoms with Gasteiger partial charge in [0.25, 0.3) is 0 Å². The monoisotopic (exact) mass is 305 g/mol. The first-order valence-corrected chi connectivity index (χ1v) is 6.93. The Morgan fingerprint density at radius 3 is 2.55 bits per heavy atom. The molecule has 1 aromatic carbocycles. The third-order valence-electron chi connectivity index (χ3n) is 3.46. The van der Waals surface area contributed by atoms with Crippen molar-refractivity contribution in [1.29, 1.82) is 5.26 Å². The lowest BCUT2D eigenvalue weighted by Crippen LogP contribution is -2.45. The maximum absolute atomic E-state index is 13.6. The highest BCUT2D eigenvalue weighted by Crippen LogP contribution is 2.25. The minimum absolute atomic E-state index is 0.158. The zero-order valence-electron chi connectivity index (χ0n) is 13.2. The lowest BCUT2D eigenvalue weighted by Gasteiger charge is -2.26. The van der Waals surface area contributed by atoms with Crippen LogP contribution in [-0.4, -0.2) is 24.9 Å². The maximum Gasteiger partial charge on any atom is 0.230 e. The second-order valence-corrected chi connectivity index (χ2v) is 5.72. The van der Waals surface area contributed by atoms with Gasteiger partial charge in [-0.1, -0.05) is 0 Å². The predicted octanol–water partition coefficient (Wildman–Crippen LogP) is 1.62. The van der Waals surface area contributed by atoms with Gasteiger partial charge in [-0.05, 0) is 44.5 Å². The van der Waals surface area contributed by atoms with E-state index in [2.05, 4.69) is 10.6 Å². The van der Waals surface area contributed by atoms with Crippen LogP contribution in [0.3, 0.4) is 0 Å². The van der Waals surface area contributed by atoms with Gasteiger partial charge in [0.1, 0.15) is 5.82 Å². The zero-order chi connectivity index (χ0) is 16.9. The molecular formula is C16H20FN3O2. The van der Waals surface area contributed by atoms with Crippen LogP contribution in [0, 0.1) is 17.1 Å². The molecular weight excluding hydrogens is 285 g/mol. The Balaban J connectivity index is 2.94. The van der Waals surface area contributed by atoms with Crippen molar-refractivity contribution in [3.8, 4) is 6.07 Å². The Bertz CT molecular complexity index is 620. The van der Waals surface area contributed by atoms with Gasteiger partial charge < -0.3 is 10.6 Å². The van der Waals surface area contributed by atoms with Crippen molar-refractivity contribution in [2.75, 3.05) is 7.05 Å². The number of nitrogens with one attached hydrogen (secondary N) is 2. The number of benzene rings is 1. The number of hydrogen-bond donors (Lipinski definition) is 2. The van der Waals surface area contributed by atoms with Crippen molar-refractivity contribution >= 4 is 11.8 Å². The van der Waals surface area contributed by atoms with E-state index in [0.717, 1.165) is 6.07 Å². The minimum Gasteiger partial charge on any atom is -0.359 e. The van der Waals surface area contributed by atoms with Gasteiger partial charge in [0.2, 0.25) is 11.8 Å². The fourth-order valence-electron chi connectivity index (χ4n) is 1.98. The highest BCUT2D eigenvalue weighted by molar-refractivity contribution is 5.88. The van der Waals surface area contributed by atoms with E-state index in [-0.39, 0.29) is 29.8 Å². The molecule has 0 saturated carbocycles. The molecule has 0 aliphatic rings. The van der Waals surface area contributed by atoms with E-state index in [4.69, 9.17) is 5.26 Å². The number of nitrogens with zero attached hydrogens (tertiary/aromatic N) is 1. The van der Waals surface area contributed by atoms with Crippen LogP contribution in [0.15, 0.2) is 18.2 Å². The Hall–Kier alpha value is -2.42. The maximum atomic E-state index is 13.6. The first kappa shape index (κ1) is 17.6. The van der Waals surface area contributed by atoms with Crippen molar-refractivity contribution in [3.63, 3.8) is 0 Å². The average molecular weight is 305 g/mol. The van der Waals surface area contributed by atoms with Gasteiger partial charge in [0.05, 0.1) is 17.0 Å². The summed E-state index contributed by atoms with van der Waals surface area (Å²) in [4.78, 5) is 23.7. The SMILES string of the molecule is CNC(=O)C[C@@H](C)NC(=O)C(C)(C)c1cc(F)cc(C#N)c1. The summed E-state index contributed by atoms with van der Waals surface area (Å²) < 4.78 is 13.6. The zero-order valence-corrected chi connectivity index (χ0v) is 13.2. The van der Waals surface area contributed by atoms with E-state index in [0.29, 0.717) is 5.56 Å². The number of amides is 2. The Morgan fingerprint density at radius 1 is 1.36 bits per heavy atom. The van der Waals surface area contributed by atoms with Crippen LogP contribution in [0.1, 0.15) is 38.3 Å². The summed E-state index contributed by atoms with van der Waals surface area (Å²) in [5.74, 6) is -1.07. The molecule has 2 amide bonds. The van der Waals surface area contributed by atoms with Crippen LogP contribution in [0.5, 0.6) is 0 Å². The van der Waals surface area contributed by atoms with Gasteiger partial charge in [0.15, 0.2) is 0 Å². The average Bonchev–Trinajstić information content (AvgIpc) is 2.45. The standard InChI is InChI=1S/C16H20FN3O2/c1-10(5-14(21)19-4)20-15(22)16(2,3)12-6-11(9-18)7-13(17)8-12/h6-8,10H,5H2,1-4H3,(H,19,21)(H,20,22)/t10-/m1/s1. The third kappa shape index (κ3) is 4.29. The summed E-state index contributed by atoms with van der Waals surface area (Å²) in [5.41, 5.74) is -0.451. The van der Waals surface area contributed by atoms with Gasteiger partial charge in [-0.3, -0.25) is 9.59 Å². The summed E-state index contributed by atoms with van der Waals surface area (Å²) in [5, 5.41) is 14.1. The molecule has 0 unspecified atom stereocenters. The topological polar surface area (TPSA) is 82.0 Å². The number of carbonyl (C=O) groups is 2. The molecule has 0 radical (unpaired) electrons. The lowest BCUT2D eigenvalue weighted by molar-refractivity contribution is -0.126. The number of carbonyl (C=O) groups excluding carboxylic acids is 2. The molecule has 0 fully saturated rings. The number of rotatable bonds is 5. The van der Waals surface area contributed by atoms with Crippen LogP contribution < -0.4 is 10.6 Å². The molecule has 0 spiro atoms. The van der Waals surface area contributed by atoms with Gasteiger partial charge in [-0.2, -0.15) is 5.26 Å². The molecule has 118 valence electrons. The summed E-state index contributed by atoms with van der Waals surface area (Å²) in [6.45, 7) is 5.01. The van der Waals surface area contributed by atoms with E-state index in [1.54, 1.807) is 20.8 Å². The second kappa shape index (κ2) is 7.03. The quantitative estimate of drug-likeness (QED) is 0.867. The molecule has 0 aliphatic heterocycles. The molecule has 0 aliphatic carbocycles. The second-order valence-electron chi connectivity index (χ2n) is 5.72. The van der Waals surface area contributed by atoms with Crippen molar-refractivity contribution in [2.24, 2.45) is 0 Å². The molecule has 1 aromatic rings. The van der Waals surface area contributed by atoms with Crippen molar-refractivity contribution in [1.82, 2.24) is 10.6 Å². The Kier molecular flexibility index (Phi) is 5.63. The molecule has 5 nitrogen and oxygen atoms in total. The molecule has 2 N–H and O–H groups in total. The summed E-state index contributed by atoms with van der Waals surface area (Å²) in [6, 6.07) is 5.37. The molecule has 0 heterocycles. The van der Waals surface area contributed by atoms with Gasteiger partial charge in [0, 0.05) is 19.5 Å². The first-order chi connectivity index (χ1) is 10.2. The van der Waals surface area contributed by atoms with Crippen LogP contribution in [-0.2, 0) is 15.0 Å². The number of hydrogen-bond acceptors (Lipinski definition) is 3. The molecule has 0 saturated heterocycles. The van der Waals surface area contributed by atoms with Crippen LogP contribution in [0.2, 0.25) is 0 Å². The molecule has 0 bridgehead atoms. The van der Waals surface area contributed by atoms with E-state index in [1.165, 1.54) is 19.2 Å². The fourth-order valence-corrected chi connectivity index (χ4v) is 1.98. The summed E-state index contributed by atoms with van der Waals surface area (Å²) >= 11 is 0. The van der Waals surface area contributed by atoms with E-state index in [9.17, 15) is 14.0 Å². The third-order valence-corrected chi connectivity index (χ3v) is 3.46. The van der Waals surface area contributed by atoms with Crippen LogP contribution in [0.4, 0.5) is 4.39 Å². The number of nitriles is 1. The van der Waals surface area contributed by atoms with E-state index in [1.807, 2.05) is 6.07 Å². The normalized spacial score (nSPS) is 12.2. The highest BCUT2D eigenvalue weighted by Gasteiger charge is 2.31. The lowest BCUT2D eigenvalue weighted by atomic mass is 9.82. The van der Waals surface area contributed by atoms with E-state index < -0.39 is 11.2 Å². The molecule has 0 aromatic heterocycles. The molecule has 6 heteroatoms. The van der Waals surface area contributed by atoms with Crippen molar-refractivity contribution < 1.29 is 14.0 Å². The fraction of sp³-hybridized carbons (Fsp3) is 0.438. The van der Waals surface area contributed by atoms with Crippen molar-refractivity contribution in [3.05, 3.63) is 35.1 Å².